The van der Waals surface area contributed by atoms with Crippen LogP contribution in [-0.4, -0.2) is 41.5 Å². The number of ether oxygens (including phenoxy) is 1. The Morgan fingerprint density at radius 2 is 2.15 bits per heavy atom. The molecule has 0 aromatic heterocycles. The number of halogens is 2. The van der Waals surface area contributed by atoms with E-state index in [-0.39, 0.29) is 17.6 Å². The quantitative estimate of drug-likeness (QED) is 0.802. The van der Waals surface area contributed by atoms with Gasteiger partial charge in [0.05, 0.1) is 24.0 Å². The van der Waals surface area contributed by atoms with E-state index in [9.17, 15) is 4.79 Å². The molecule has 1 atom stereocenters. The monoisotopic (exact) mass is 315 g/mol. The summed E-state index contributed by atoms with van der Waals surface area (Å²) in [5, 5.41) is 0.627. The van der Waals surface area contributed by atoms with Crippen molar-refractivity contribution in [3.05, 3.63) is 34.9 Å². The second-order valence-corrected chi connectivity index (χ2v) is 6.41. The van der Waals surface area contributed by atoms with Gasteiger partial charge in [-0.15, -0.1) is 11.6 Å². The molecule has 2 rings (SSSR count). The molecule has 1 aliphatic heterocycles. The number of benzene rings is 1. The van der Waals surface area contributed by atoms with Gasteiger partial charge in [0.2, 0.25) is 5.91 Å². The molecule has 3 nitrogen and oxygen atoms in total. The summed E-state index contributed by atoms with van der Waals surface area (Å²) < 4.78 is 5.83. The van der Waals surface area contributed by atoms with Crippen LogP contribution in [0.25, 0.3) is 0 Å². The van der Waals surface area contributed by atoms with Crippen LogP contribution in [0.2, 0.25) is 5.02 Å². The number of hydrogen-bond donors (Lipinski definition) is 0. The zero-order valence-corrected chi connectivity index (χ0v) is 13.2. The first-order chi connectivity index (χ1) is 9.41. The van der Waals surface area contributed by atoms with Crippen LogP contribution in [0.1, 0.15) is 19.4 Å². The van der Waals surface area contributed by atoms with Gasteiger partial charge in [-0.05, 0) is 25.5 Å². The third-order valence-corrected chi connectivity index (χ3v) is 4.02. The van der Waals surface area contributed by atoms with Crippen LogP contribution in [0.5, 0.6) is 0 Å². The molecule has 5 heteroatoms. The van der Waals surface area contributed by atoms with Gasteiger partial charge < -0.3 is 9.64 Å². The van der Waals surface area contributed by atoms with Crippen molar-refractivity contribution in [2.75, 3.05) is 19.0 Å². The van der Waals surface area contributed by atoms with Crippen molar-refractivity contribution in [3.8, 4) is 0 Å². The molecule has 0 saturated carbocycles. The van der Waals surface area contributed by atoms with Crippen molar-refractivity contribution >= 4 is 29.1 Å². The van der Waals surface area contributed by atoms with Gasteiger partial charge in [-0.3, -0.25) is 4.79 Å². The molecule has 1 aromatic carbocycles. The Balaban J connectivity index is 2.07. The number of alkyl halides is 1. The molecule has 1 heterocycles. The first-order valence-electron chi connectivity index (χ1n) is 6.66. The first kappa shape index (κ1) is 15.6. The highest BCUT2D eigenvalue weighted by Crippen LogP contribution is 2.23. The average Bonchev–Trinajstić information content (AvgIpc) is 2.39. The summed E-state index contributed by atoms with van der Waals surface area (Å²) in [7, 11) is 0. The van der Waals surface area contributed by atoms with Crippen molar-refractivity contribution in [2.45, 2.75) is 32.0 Å². The lowest BCUT2D eigenvalue weighted by molar-refractivity contribution is -0.156. The van der Waals surface area contributed by atoms with Crippen LogP contribution >= 0.6 is 23.2 Å². The van der Waals surface area contributed by atoms with Crippen molar-refractivity contribution in [2.24, 2.45) is 0 Å². The van der Waals surface area contributed by atoms with Crippen LogP contribution in [0.4, 0.5) is 0 Å². The minimum absolute atomic E-state index is 0.0598. The van der Waals surface area contributed by atoms with Crippen molar-refractivity contribution < 1.29 is 9.53 Å². The maximum absolute atomic E-state index is 12.4. The molecule has 1 saturated heterocycles. The van der Waals surface area contributed by atoms with Crippen LogP contribution in [0.15, 0.2) is 24.3 Å². The highest BCUT2D eigenvalue weighted by atomic mass is 35.5. The minimum Gasteiger partial charge on any atom is -0.367 e. The third-order valence-electron chi connectivity index (χ3n) is 3.31. The predicted octanol–water partition coefficient (Wildman–Crippen LogP) is 3.13. The molecule has 0 radical (unpaired) electrons. The predicted molar refractivity (Wildman–Crippen MR) is 81.4 cm³/mol. The lowest BCUT2D eigenvalue weighted by Crippen LogP contribution is -2.55. The van der Waals surface area contributed by atoms with Gasteiger partial charge in [0, 0.05) is 18.1 Å². The minimum atomic E-state index is -0.367. The van der Waals surface area contributed by atoms with Crippen molar-refractivity contribution in [3.63, 3.8) is 0 Å². The summed E-state index contributed by atoms with van der Waals surface area (Å²) in [6.07, 6.45) is 0.195. The summed E-state index contributed by atoms with van der Waals surface area (Å²) in [6, 6.07) is 7.43. The van der Waals surface area contributed by atoms with E-state index in [1.165, 1.54) is 0 Å². The number of rotatable bonds is 3. The van der Waals surface area contributed by atoms with E-state index in [0.717, 1.165) is 5.56 Å². The molecular formula is C15H19Cl2NO2. The molecule has 0 aliphatic carbocycles. The maximum Gasteiger partial charge on any atom is 0.227 e. The smallest absolute Gasteiger partial charge is 0.227 e. The fourth-order valence-corrected chi connectivity index (χ4v) is 2.85. The molecular weight excluding hydrogens is 297 g/mol. The Morgan fingerprint density at radius 1 is 1.45 bits per heavy atom. The van der Waals surface area contributed by atoms with E-state index in [1.807, 2.05) is 36.9 Å². The van der Waals surface area contributed by atoms with Gasteiger partial charge in [-0.2, -0.15) is 0 Å². The first-order valence-corrected chi connectivity index (χ1v) is 7.57. The van der Waals surface area contributed by atoms with Crippen molar-refractivity contribution in [1.29, 1.82) is 0 Å². The summed E-state index contributed by atoms with van der Waals surface area (Å²) in [6.45, 7) is 5.06. The molecule has 0 N–H and O–H groups in total. The number of carbonyl (C=O) groups excluding carboxylic acids is 1. The van der Waals surface area contributed by atoms with Crippen LogP contribution < -0.4 is 0 Å². The van der Waals surface area contributed by atoms with E-state index in [4.69, 9.17) is 27.9 Å². The SMILES string of the molecule is CC1(C)CN(C(=O)Cc2ccccc2Cl)CC(CCl)O1. The molecule has 1 aromatic rings. The number of amides is 1. The van der Waals surface area contributed by atoms with Crippen molar-refractivity contribution in [1.82, 2.24) is 4.90 Å². The van der Waals surface area contributed by atoms with Gasteiger partial charge >= 0.3 is 0 Å². The Hall–Kier alpha value is -0.770. The Morgan fingerprint density at radius 3 is 2.80 bits per heavy atom. The third kappa shape index (κ3) is 3.87. The summed E-state index contributed by atoms with van der Waals surface area (Å²) in [5.74, 6) is 0.448. The Labute approximate surface area is 129 Å². The molecule has 1 amide bonds. The standard InChI is InChI=1S/C15H19Cl2NO2/c1-15(2)10-18(9-12(8-16)20-15)14(19)7-11-5-3-4-6-13(11)17/h3-6,12H,7-10H2,1-2H3. The summed E-state index contributed by atoms with van der Waals surface area (Å²) in [4.78, 5) is 14.3. The number of carbonyl (C=O) groups is 1. The number of morpholine rings is 1. The van der Waals surface area contributed by atoms with Crippen LogP contribution in [0, 0.1) is 0 Å². The molecule has 1 unspecified atom stereocenters. The molecule has 0 bridgehead atoms. The van der Waals surface area contributed by atoms with Gasteiger partial charge in [0.1, 0.15) is 0 Å². The second kappa shape index (κ2) is 6.33. The Bertz CT molecular complexity index is 491. The summed E-state index contributed by atoms with van der Waals surface area (Å²) >= 11 is 12.0. The van der Waals surface area contributed by atoms with E-state index in [1.54, 1.807) is 6.07 Å². The molecule has 0 spiro atoms. The van der Waals surface area contributed by atoms with E-state index < -0.39 is 0 Å². The lowest BCUT2D eigenvalue weighted by Gasteiger charge is -2.42. The van der Waals surface area contributed by atoms with E-state index in [0.29, 0.717) is 30.4 Å². The Kier molecular flexibility index (Phi) is 4.95. The fraction of sp³-hybridized carbons (Fsp3) is 0.533. The largest absolute Gasteiger partial charge is 0.367 e. The van der Waals surface area contributed by atoms with Gasteiger partial charge in [-0.1, -0.05) is 29.8 Å². The molecule has 110 valence electrons. The van der Waals surface area contributed by atoms with Crippen LogP contribution in [-0.2, 0) is 16.0 Å². The maximum atomic E-state index is 12.4. The second-order valence-electron chi connectivity index (χ2n) is 5.70. The van der Waals surface area contributed by atoms with Gasteiger partial charge in [0.25, 0.3) is 0 Å². The van der Waals surface area contributed by atoms with Crippen LogP contribution in [0.3, 0.4) is 0 Å². The summed E-state index contributed by atoms with van der Waals surface area (Å²) in [5.41, 5.74) is 0.486. The van der Waals surface area contributed by atoms with Gasteiger partial charge in [-0.25, -0.2) is 0 Å². The van der Waals surface area contributed by atoms with E-state index >= 15 is 0 Å². The number of nitrogens with zero attached hydrogens (tertiary/aromatic N) is 1. The average molecular weight is 316 g/mol. The number of hydrogen-bond acceptors (Lipinski definition) is 2. The zero-order valence-electron chi connectivity index (χ0n) is 11.7. The highest BCUT2D eigenvalue weighted by molar-refractivity contribution is 6.31. The normalized spacial score (nSPS) is 21.8. The van der Waals surface area contributed by atoms with Gasteiger partial charge in [0.15, 0.2) is 0 Å². The lowest BCUT2D eigenvalue weighted by atomic mass is 10.0. The molecule has 1 fully saturated rings. The molecule has 1 aliphatic rings. The zero-order chi connectivity index (χ0) is 14.8. The molecule has 20 heavy (non-hydrogen) atoms. The van der Waals surface area contributed by atoms with E-state index in [2.05, 4.69) is 0 Å². The topological polar surface area (TPSA) is 29.5 Å². The fourth-order valence-electron chi connectivity index (χ4n) is 2.48. The highest BCUT2D eigenvalue weighted by Gasteiger charge is 2.35.